The number of ether oxygens (including phenoxy) is 6. The smallest absolute Gasteiger partial charge is 0.416 e. The van der Waals surface area contributed by atoms with Gasteiger partial charge in [-0.1, -0.05) is 40.8 Å². The summed E-state index contributed by atoms with van der Waals surface area (Å²) in [5.41, 5.74) is 14.7. The number of aryl methyl sites for hydroxylation is 7. The van der Waals surface area contributed by atoms with E-state index in [0.29, 0.717) is 97.4 Å². The second-order valence-corrected chi connectivity index (χ2v) is 36.9. The van der Waals surface area contributed by atoms with Crippen molar-refractivity contribution in [2.75, 3.05) is 75.3 Å². The van der Waals surface area contributed by atoms with Crippen molar-refractivity contribution in [3.8, 4) is 96.7 Å². The number of hydrogen-bond donors (Lipinski definition) is 0. The number of aromatic nitrogens is 14. The third-order valence-electron chi connectivity index (χ3n) is 26.5. The monoisotopic (exact) mass is 1980 g/mol. The normalized spacial score (nSPS) is 18.3. The van der Waals surface area contributed by atoms with Crippen LogP contribution < -0.4 is 28.9 Å². The number of methoxy groups -OCH3 is 3. The van der Waals surface area contributed by atoms with Crippen molar-refractivity contribution in [3.63, 3.8) is 0 Å². The number of benzene rings is 3. The van der Waals surface area contributed by atoms with Gasteiger partial charge in [-0.25, -0.2) is 72.4 Å². The number of pyridine rings is 3. The largest absolute Gasteiger partial charge is 0.481 e. The van der Waals surface area contributed by atoms with Crippen molar-refractivity contribution >= 4 is 36.1 Å². The first-order valence-corrected chi connectivity index (χ1v) is 46.3. The number of nitrogens with zero attached hydrogens (tertiary/aromatic N) is 20. The van der Waals surface area contributed by atoms with E-state index in [9.17, 15) is 67.1 Å². The molecule has 29 nitrogen and oxygen atoms in total. The van der Waals surface area contributed by atoms with Gasteiger partial charge in [0.1, 0.15) is 43.4 Å². The molecule has 0 radical (unpaired) electrons. The molecule has 6 fully saturated rings. The topological polar surface area (TPSA) is 283 Å². The summed E-state index contributed by atoms with van der Waals surface area (Å²) >= 11 is 0. The van der Waals surface area contributed by atoms with Gasteiger partial charge in [-0.3, -0.25) is 24.1 Å². The molecule has 3 aromatic carbocycles. The van der Waals surface area contributed by atoms with Crippen LogP contribution in [0.15, 0.2) is 116 Å². The maximum Gasteiger partial charge on any atom is 0.416 e. The molecule has 41 heteroatoms. The van der Waals surface area contributed by atoms with Crippen LogP contribution in [0.3, 0.4) is 0 Å². The number of rotatable bonds is 24. The van der Waals surface area contributed by atoms with E-state index in [1.165, 1.54) is 36.0 Å². The van der Waals surface area contributed by atoms with Gasteiger partial charge >= 0.3 is 36.8 Å². The Balaban J connectivity index is 0.000000154. The van der Waals surface area contributed by atoms with Gasteiger partial charge in [0.25, 0.3) is 0 Å². The third kappa shape index (κ3) is 20.5. The van der Waals surface area contributed by atoms with Gasteiger partial charge in [0.05, 0.1) is 144 Å². The van der Waals surface area contributed by atoms with Crippen LogP contribution in [-0.4, -0.2) is 199 Å². The molecule has 752 valence electrons. The lowest BCUT2D eigenvalue weighted by Crippen LogP contribution is -2.49. The predicted octanol–water partition coefficient (Wildman–Crippen LogP) is 20.6. The fourth-order valence-electron chi connectivity index (χ4n) is 19.2. The Bertz CT molecular complexity index is 6920. The van der Waals surface area contributed by atoms with Gasteiger partial charge in [-0.2, -0.15) is 49.7 Å². The highest BCUT2D eigenvalue weighted by molar-refractivity contribution is 5.83. The molecule has 15 heterocycles. The first-order valence-electron chi connectivity index (χ1n) is 46.3. The molecule has 6 saturated heterocycles. The zero-order valence-electron chi connectivity index (χ0n) is 81.8. The summed E-state index contributed by atoms with van der Waals surface area (Å²) in [5, 5.41) is 9.29. The minimum absolute atomic E-state index is 0.0517. The van der Waals surface area contributed by atoms with E-state index in [-0.39, 0.29) is 93.5 Å². The van der Waals surface area contributed by atoms with Crippen LogP contribution in [0, 0.1) is 74.7 Å². The van der Waals surface area contributed by atoms with Crippen LogP contribution in [0.25, 0.3) is 66.8 Å². The van der Waals surface area contributed by atoms with Crippen molar-refractivity contribution in [2.24, 2.45) is 0 Å². The molecule has 143 heavy (non-hydrogen) atoms. The molecule has 18 rings (SSSR count). The summed E-state index contributed by atoms with van der Waals surface area (Å²) in [6.07, 6.45) is -4.09. The maximum atomic E-state index is 13.8. The third-order valence-corrected chi connectivity index (χ3v) is 26.5. The van der Waals surface area contributed by atoms with E-state index in [1.807, 2.05) is 64.4 Å². The SMILES string of the molecule is C#CCn1nc(C)c(-c2cnc(OC)c(-c3cnc(N4CC(F)C4)nc3CN3C(=O)O[C@H](c4cc(C)cc(C(F)(F)F)c4)[C@@H]3C)c2)c1C.CCn1cc(C)c(-c2cnc(OC)c(-c3cnc(N4CC(F)C4)nc3CN3C(=O)O[C@H](c4cc(C)cc(C(F)(F)F)c4)[C@@H]3C)c2)c1C.COc1ncc(-c2c(C)nn(C(C)C)c2C)cc1-c1cnc(N2CC(F)C2)nc1CN1C(=O)O[C@H](c2cc(C)cc(C(F)(F)F)c2)[C@@H]1C. The number of alkyl halides is 12. The number of halogens is 12. The van der Waals surface area contributed by atoms with E-state index in [1.54, 1.807) is 116 Å². The van der Waals surface area contributed by atoms with Gasteiger partial charge in [-0.15, -0.1) is 6.42 Å². The molecular weight excluding hydrogens is 1880 g/mol. The summed E-state index contributed by atoms with van der Waals surface area (Å²) in [6.45, 7) is 29.5. The van der Waals surface area contributed by atoms with Gasteiger partial charge < -0.3 is 47.7 Å². The lowest BCUT2D eigenvalue weighted by molar-refractivity contribution is -0.138. The average Bonchev–Trinajstić information content (AvgIpc) is 1.73. The van der Waals surface area contributed by atoms with Crippen LogP contribution in [0.1, 0.15) is 167 Å². The van der Waals surface area contributed by atoms with Crippen LogP contribution in [0.5, 0.6) is 17.6 Å². The average molecular weight is 1980 g/mol. The Hall–Kier alpha value is -14.6. The second-order valence-electron chi connectivity index (χ2n) is 36.9. The van der Waals surface area contributed by atoms with Crippen LogP contribution in [0.2, 0.25) is 0 Å². The number of hydrogen-bond acceptors (Lipinski definition) is 23. The fraction of sp³-hybridized carbons (Fsp3) is 0.412. The first-order chi connectivity index (χ1) is 67.7. The number of terminal acetylenes is 1. The molecule has 0 aliphatic carbocycles. The molecule has 6 atom stereocenters. The Labute approximate surface area is 817 Å². The zero-order valence-corrected chi connectivity index (χ0v) is 81.8. The Morgan fingerprint density at radius 2 is 0.748 bits per heavy atom. The molecule has 6 aliphatic rings. The van der Waals surface area contributed by atoms with Crippen molar-refractivity contribution in [1.29, 1.82) is 0 Å². The summed E-state index contributed by atoms with van der Waals surface area (Å²) in [6, 6.07) is 14.9. The fourth-order valence-corrected chi connectivity index (χ4v) is 19.2. The minimum Gasteiger partial charge on any atom is -0.481 e. The zero-order chi connectivity index (χ0) is 103. The van der Waals surface area contributed by atoms with Crippen LogP contribution in [0.4, 0.5) is 84.9 Å². The Kier molecular flexibility index (Phi) is 28.4. The quantitative estimate of drug-likeness (QED) is 0.0308. The minimum atomic E-state index is -4.56. The molecule has 12 aromatic rings. The molecule has 0 unspecified atom stereocenters. The predicted molar refractivity (Wildman–Crippen MR) is 507 cm³/mol. The van der Waals surface area contributed by atoms with Crippen LogP contribution in [-0.2, 0) is 65.5 Å². The van der Waals surface area contributed by atoms with Crippen molar-refractivity contribution in [2.45, 2.75) is 216 Å². The van der Waals surface area contributed by atoms with E-state index in [4.69, 9.17) is 54.9 Å². The van der Waals surface area contributed by atoms with Gasteiger partial charge in [0, 0.05) is 140 Å². The molecule has 9 aromatic heterocycles. The molecule has 0 bridgehead atoms. The van der Waals surface area contributed by atoms with E-state index in [2.05, 4.69) is 72.5 Å². The molecule has 0 saturated carbocycles. The van der Waals surface area contributed by atoms with Gasteiger partial charge in [0.15, 0.2) is 0 Å². The van der Waals surface area contributed by atoms with Crippen LogP contribution >= 0.6 is 0 Å². The number of cyclic esters (lactones) is 3. The Morgan fingerprint density at radius 3 is 1.03 bits per heavy atom. The molecular formula is C102H106F12N20O9. The molecule has 0 N–H and O–H groups in total. The first kappa shape index (κ1) is 101. The summed E-state index contributed by atoms with van der Waals surface area (Å²) < 4.78 is 204. The molecule has 3 amide bonds. The van der Waals surface area contributed by atoms with Crippen molar-refractivity contribution in [3.05, 3.63) is 217 Å². The lowest BCUT2D eigenvalue weighted by atomic mass is 9.97. The summed E-state index contributed by atoms with van der Waals surface area (Å²) in [5.74, 6) is 4.36. The number of carbonyl (C=O) groups is 3. The highest BCUT2D eigenvalue weighted by Gasteiger charge is 2.47. The Morgan fingerprint density at radius 1 is 0.427 bits per heavy atom. The number of anilines is 3. The highest BCUT2D eigenvalue weighted by atomic mass is 19.4. The van der Waals surface area contributed by atoms with E-state index < -0.39 is 108 Å². The number of carbonyl (C=O) groups excluding carboxylic acids is 3. The van der Waals surface area contributed by atoms with Gasteiger partial charge in [-0.05, 0) is 181 Å². The standard InChI is InChI=1S/C34H37F4N7O3.C34H33F4N7O3.C34H36F4N6O3/c1-17(2)45-20(5)29(19(4)42-45)23-11-26(31(47-7)39-12-23)27-13-40-32(43-14-25(35)15-43)41-28(27)16-44-21(6)30(48-33(44)46)22-8-18(3)9-24(10-22)34(36,37)38;1-7-8-45-20(4)29(19(3)42-45)23-12-26(31(47-6)39-13-23)27-14-40-32(43-15-25(35)16-43)41-28(27)17-44-21(5)30(48-33(44)46)22-9-18(2)10-24(11-22)34(36,37)38;1-7-42-14-19(3)29(20(42)4)23-11-26(31(46-6)39-12-23)27-13-40-32(43-15-25(35)16-43)41-28(27)17-44-21(5)30(47-33(44)45)22-8-18(2)9-24(10-22)34(36,37)38/h8-13,17,21,25,30H,14-16H2,1-7H3;1,9-14,21,25,30H,8,15-17H2,2-6H3;8-14,21,25,30H,7,15-17H2,1-6H3/t3*21-,30-/m000/s1. The van der Waals surface area contributed by atoms with Crippen molar-refractivity contribution < 1.29 is 95.5 Å². The molecule has 6 aliphatic heterocycles. The van der Waals surface area contributed by atoms with Gasteiger partial charge in [0.2, 0.25) is 35.5 Å². The summed E-state index contributed by atoms with van der Waals surface area (Å²) in [4.78, 5) is 91.0. The number of amides is 3. The van der Waals surface area contributed by atoms with E-state index in [0.717, 1.165) is 110 Å². The maximum absolute atomic E-state index is 13.8. The molecule has 0 spiro atoms. The summed E-state index contributed by atoms with van der Waals surface area (Å²) in [7, 11) is 4.48. The van der Waals surface area contributed by atoms with Crippen molar-refractivity contribution in [1.82, 2.24) is 83.7 Å². The van der Waals surface area contributed by atoms with E-state index >= 15 is 0 Å². The second kappa shape index (κ2) is 40.1. The highest BCUT2D eigenvalue weighted by Crippen LogP contribution is 2.48. The lowest BCUT2D eigenvalue weighted by Gasteiger charge is -2.34.